The summed E-state index contributed by atoms with van der Waals surface area (Å²) in [6.45, 7) is -0.477. The predicted molar refractivity (Wildman–Crippen MR) is 67.5 cm³/mol. The molecule has 0 aliphatic carbocycles. The molecule has 0 heterocycles. The van der Waals surface area contributed by atoms with Crippen molar-refractivity contribution in [1.82, 2.24) is 0 Å². The molecule has 1 aromatic rings. The van der Waals surface area contributed by atoms with Crippen molar-refractivity contribution in [3.05, 3.63) is 23.8 Å². The lowest BCUT2D eigenvalue weighted by atomic mass is 10.1. The second-order valence-electron chi connectivity index (χ2n) is 4.04. The zero-order valence-corrected chi connectivity index (χ0v) is 10.8. The Morgan fingerprint density at radius 1 is 1.32 bits per heavy atom. The summed E-state index contributed by atoms with van der Waals surface area (Å²) < 4.78 is 34.3. The average molecular weight is 275 g/mol. The van der Waals surface area contributed by atoms with Crippen molar-refractivity contribution >= 4 is 0 Å². The molecule has 1 unspecified atom stereocenters. The molecule has 3 N–H and O–H groups in total. The SMILES string of the molecule is CCCCOc1cc(C(O)CN)ccc1OC(F)F. The first-order chi connectivity index (χ1) is 9.08. The Morgan fingerprint density at radius 2 is 2.05 bits per heavy atom. The summed E-state index contributed by atoms with van der Waals surface area (Å²) in [5.74, 6) is 0.151. The summed E-state index contributed by atoms with van der Waals surface area (Å²) in [5, 5.41) is 9.63. The summed E-state index contributed by atoms with van der Waals surface area (Å²) in [4.78, 5) is 0. The van der Waals surface area contributed by atoms with Crippen LogP contribution in [0.4, 0.5) is 8.78 Å². The van der Waals surface area contributed by atoms with E-state index in [1.54, 1.807) is 0 Å². The Bertz CT molecular complexity index is 388. The van der Waals surface area contributed by atoms with Gasteiger partial charge in [-0.15, -0.1) is 0 Å². The maximum atomic E-state index is 12.3. The van der Waals surface area contributed by atoms with Crippen LogP contribution in [0.1, 0.15) is 31.4 Å². The van der Waals surface area contributed by atoms with Crippen LogP contribution in [0.5, 0.6) is 11.5 Å². The molecule has 0 bridgehead atoms. The molecule has 1 atom stereocenters. The lowest BCUT2D eigenvalue weighted by Gasteiger charge is -2.15. The molecule has 0 saturated carbocycles. The van der Waals surface area contributed by atoms with Gasteiger partial charge >= 0.3 is 6.61 Å². The van der Waals surface area contributed by atoms with E-state index in [1.807, 2.05) is 6.92 Å². The van der Waals surface area contributed by atoms with Gasteiger partial charge in [-0.3, -0.25) is 0 Å². The summed E-state index contributed by atoms with van der Waals surface area (Å²) in [6.07, 6.45) is 0.877. The minimum absolute atomic E-state index is 0.0425. The van der Waals surface area contributed by atoms with Gasteiger partial charge in [-0.1, -0.05) is 19.4 Å². The summed E-state index contributed by atoms with van der Waals surface area (Å²) in [7, 11) is 0. The number of rotatable bonds is 8. The topological polar surface area (TPSA) is 64.7 Å². The standard InChI is InChI=1S/C13H19F2NO3/c1-2-3-6-18-12-7-9(10(17)8-16)4-5-11(12)19-13(14)15/h4-5,7,10,13,17H,2-3,6,8,16H2,1H3. The van der Waals surface area contributed by atoms with Crippen LogP contribution in [-0.2, 0) is 0 Å². The second-order valence-corrected chi connectivity index (χ2v) is 4.04. The van der Waals surface area contributed by atoms with Crippen molar-refractivity contribution in [3.63, 3.8) is 0 Å². The van der Waals surface area contributed by atoms with Crippen LogP contribution in [0.15, 0.2) is 18.2 Å². The van der Waals surface area contributed by atoms with Crippen molar-refractivity contribution in [1.29, 1.82) is 0 Å². The fourth-order valence-corrected chi connectivity index (χ4v) is 1.50. The number of hydrogen-bond donors (Lipinski definition) is 2. The van der Waals surface area contributed by atoms with Crippen LogP contribution >= 0.6 is 0 Å². The first-order valence-corrected chi connectivity index (χ1v) is 6.18. The quantitative estimate of drug-likeness (QED) is 0.715. The third kappa shape index (κ3) is 5.00. The Morgan fingerprint density at radius 3 is 2.63 bits per heavy atom. The van der Waals surface area contributed by atoms with Gasteiger partial charge in [-0.25, -0.2) is 0 Å². The Balaban J connectivity index is 2.89. The fraction of sp³-hybridized carbons (Fsp3) is 0.538. The highest BCUT2D eigenvalue weighted by atomic mass is 19.3. The highest BCUT2D eigenvalue weighted by molar-refractivity contribution is 5.43. The number of nitrogens with two attached hydrogens (primary N) is 1. The van der Waals surface area contributed by atoms with Crippen molar-refractivity contribution < 1.29 is 23.4 Å². The van der Waals surface area contributed by atoms with Crippen molar-refractivity contribution in [2.24, 2.45) is 5.73 Å². The van der Waals surface area contributed by atoms with Gasteiger partial charge in [-0.2, -0.15) is 8.78 Å². The average Bonchev–Trinajstić information content (AvgIpc) is 2.39. The molecule has 1 aromatic carbocycles. The molecule has 0 aromatic heterocycles. The van der Waals surface area contributed by atoms with Gasteiger partial charge in [0.25, 0.3) is 0 Å². The number of benzene rings is 1. The second kappa shape index (κ2) is 7.91. The number of aliphatic hydroxyl groups is 1. The van der Waals surface area contributed by atoms with Crippen LogP contribution in [-0.4, -0.2) is 24.9 Å². The molecule has 0 fully saturated rings. The molecule has 0 aliphatic heterocycles. The summed E-state index contributed by atoms with van der Waals surface area (Å²) in [5.41, 5.74) is 5.86. The number of alkyl halides is 2. The number of aliphatic hydroxyl groups excluding tert-OH is 1. The number of unbranched alkanes of at least 4 members (excludes halogenated alkanes) is 1. The molecule has 0 spiro atoms. The summed E-state index contributed by atoms with van der Waals surface area (Å²) in [6, 6.07) is 4.31. The minimum atomic E-state index is -2.92. The minimum Gasteiger partial charge on any atom is -0.490 e. The van der Waals surface area contributed by atoms with E-state index in [4.69, 9.17) is 10.5 Å². The van der Waals surface area contributed by atoms with Gasteiger partial charge < -0.3 is 20.3 Å². The molecule has 108 valence electrons. The molecule has 0 amide bonds. The third-order valence-electron chi connectivity index (χ3n) is 2.55. The van der Waals surface area contributed by atoms with Crippen molar-refractivity contribution in [3.8, 4) is 11.5 Å². The molecule has 0 saturated heterocycles. The van der Waals surface area contributed by atoms with E-state index in [0.717, 1.165) is 12.8 Å². The van der Waals surface area contributed by atoms with E-state index in [2.05, 4.69) is 4.74 Å². The number of ether oxygens (including phenoxy) is 2. The van der Waals surface area contributed by atoms with Crippen molar-refractivity contribution in [2.45, 2.75) is 32.5 Å². The molecule has 19 heavy (non-hydrogen) atoms. The van der Waals surface area contributed by atoms with Crippen molar-refractivity contribution in [2.75, 3.05) is 13.2 Å². The fourth-order valence-electron chi connectivity index (χ4n) is 1.50. The molecular weight excluding hydrogens is 256 g/mol. The largest absolute Gasteiger partial charge is 0.490 e. The zero-order valence-electron chi connectivity index (χ0n) is 10.8. The zero-order chi connectivity index (χ0) is 14.3. The van der Waals surface area contributed by atoms with Crippen LogP contribution < -0.4 is 15.2 Å². The smallest absolute Gasteiger partial charge is 0.387 e. The van der Waals surface area contributed by atoms with Crippen LogP contribution in [0.2, 0.25) is 0 Å². The Hall–Kier alpha value is -1.40. The molecule has 1 rings (SSSR count). The van der Waals surface area contributed by atoms with Gasteiger partial charge in [0.1, 0.15) is 0 Å². The van der Waals surface area contributed by atoms with Gasteiger partial charge in [-0.05, 0) is 24.1 Å². The van der Waals surface area contributed by atoms with Gasteiger partial charge in [0.2, 0.25) is 0 Å². The highest BCUT2D eigenvalue weighted by Crippen LogP contribution is 2.31. The van der Waals surface area contributed by atoms with Gasteiger partial charge in [0, 0.05) is 6.54 Å². The molecule has 4 nitrogen and oxygen atoms in total. The number of hydrogen-bond acceptors (Lipinski definition) is 4. The molecule has 0 radical (unpaired) electrons. The maximum absolute atomic E-state index is 12.3. The van der Waals surface area contributed by atoms with Crippen LogP contribution in [0, 0.1) is 0 Å². The lowest BCUT2D eigenvalue weighted by molar-refractivity contribution is -0.0515. The monoisotopic (exact) mass is 275 g/mol. The van der Waals surface area contributed by atoms with E-state index in [-0.39, 0.29) is 18.0 Å². The maximum Gasteiger partial charge on any atom is 0.387 e. The summed E-state index contributed by atoms with van der Waals surface area (Å²) >= 11 is 0. The lowest BCUT2D eigenvalue weighted by Crippen LogP contribution is -2.12. The Labute approximate surface area is 111 Å². The highest BCUT2D eigenvalue weighted by Gasteiger charge is 2.14. The van der Waals surface area contributed by atoms with Crippen LogP contribution in [0.25, 0.3) is 0 Å². The molecular formula is C13H19F2NO3. The Kier molecular flexibility index (Phi) is 6.52. The molecule has 6 heteroatoms. The first kappa shape index (κ1) is 15.7. The van der Waals surface area contributed by atoms with E-state index in [1.165, 1.54) is 18.2 Å². The van der Waals surface area contributed by atoms with E-state index in [0.29, 0.717) is 12.2 Å². The first-order valence-electron chi connectivity index (χ1n) is 6.18. The predicted octanol–water partition coefficient (Wildman–Crippen LogP) is 2.46. The molecule has 0 aliphatic rings. The van der Waals surface area contributed by atoms with E-state index < -0.39 is 12.7 Å². The van der Waals surface area contributed by atoms with Gasteiger partial charge in [0.15, 0.2) is 11.5 Å². The third-order valence-corrected chi connectivity index (χ3v) is 2.55. The van der Waals surface area contributed by atoms with E-state index >= 15 is 0 Å². The normalized spacial score (nSPS) is 12.5. The van der Waals surface area contributed by atoms with Crippen LogP contribution in [0.3, 0.4) is 0 Å². The van der Waals surface area contributed by atoms with Gasteiger partial charge in [0.05, 0.1) is 12.7 Å². The van der Waals surface area contributed by atoms with E-state index in [9.17, 15) is 13.9 Å². The number of halogens is 2.